The number of benzene rings is 1. The minimum atomic E-state index is 0.00758. The monoisotopic (exact) mass is 262 g/mol. The Hall–Kier alpha value is -1.55. The van der Waals surface area contributed by atoms with Gasteiger partial charge in [0.1, 0.15) is 12.4 Å². The third-order valence-electron chi connectivity index (χ3n) is 3.59. The summed E-state index contributed by atoms with van der Waals surface area (Å²) in [5.74, 6) is 1.32. The normalized spacial score (nSPS) is 16.2. The molecular formula is C15H22N2O2. The Kier molecular flexibility index (Phi) is 4.43. The summed E-state index contributed by atoms with van der Waals surface area (Å²) in [5.41, 5.74) is 1.93. The van der Waals surface area contributed by atoms with E-state index >= 15 is 0 Å². The highest BCUT2D eigenvalue weighted by molar-refractivity contribution is 5.92. The van der Waals surface area contributed by atoms with E-state index in [4.69, 9.17) is 4.74 Å². The van der Waals surface area contributed by atoms with Crippen LogP contribution in [0.4, 0.5) is 5.69 Å². The molecule has 1 aromatic carbocycles. The van der Waals surface area contributed by atoms with E-state index in [1.54, 1.807) is 0 Å². The van der Waals surface area contributed by atoms with Gasteiger partial charge >= 0.3 is 0 Å². The molecule has 1 aliphatic heterocycles. The maximum Gasteiger partial charge on any atom is 0.227 e. The van der Waals surface area contributed by atoms with E-state index in [1.807, 2.05) is 25.1 Å². The number of rotatable bonds is 3. The topological polar surface area (TPSA) is 50.4 Å². The van der Waals surface area contributed by atoms with Crippen LogP contribution < -0.4 is 15.4 Å². The Morgan fingerprint density at radius 2 is 2.16 bits per heavy atom. The average molecular weight is 262 g/mol. The lowest BCUT2D eigenvalue weighted by atomic mass is 9.97. The van der Waals surface area contributed by atoms with Crippen molar-refractivity contribution in [2.75, 3.05) is 18.5 Å². The van der Waals surface area contributed by atoms with Gasteiger partial charge in [-0.1, -0.05) is 20.8 Å². The van der Waals surface area contributed by atoms with Crippen molar-refractivity contribution in [2.24, 2.45) is 11.8 Å². The zero-order valence-corrected chi connectivity index (χ0v) is 11.8. The molecule has 4 heteroatoms. The molecule has 1 aliphatic rings. The van der Waals surface area contributed by atoms with Crippen molar-refractivity contribution in [3.63, 3.8) is 0 Å². The maximum absolute atomic E-state index is 12.0. The minimum Gasteiger partial charge on any atom is -0.492 e. The molecule has 4 nitrogen and oxygen atoms in total. The van der Waals surface area contributed by atoms with Gasteiger partial charge in [-0.05, 0) is 24.1 Å². The Labute approximate surface area is 114 Å². The molecule has 0 aromatic heterocycles. The minimum absolute atomic E-state index is 0.00758. The second kappa shape index (κ2) is 6.06. The molecule has 104 valence electrons. The Balaban J connectivity index is 2.09. The van der Waals surface area contributed by atoms with Crippen LogP contribution in [0.25, 0.3) is 0 Å². The molecule has 0 spiro atoms. The van der Waals surface area contributed by atoms with Crippen LogP contribution in [-0.4, -0.2) is 19.1 Å². The van der Waals surface area contributed by atoms with Crippen molar-refractivity contribution in [1.29, 1.82) is 0 Å². The van der Waals surface area contributed by atoms with Gasteiger partial charge in [0.25, 0.3) is 0 Å². The third kappa shape index (κ3) is 3.47. The molecule has 1 amide bonds. The first-order valence-corrected chi connectivity index (χ1v) is 6.85. The second-order valence-electron chi connectivity index (χ2n) is 5.37. The maximum atomic E-state index is 12.0. The molecule has 0 fully saturated rings. The predicted molar refractivity (Wildman–Crippen MR) is 76.3 cm³/mol. The molecule has 1 aromatic rings. The molecule has 1 heterocycles. The van der Waals surface area contributed by atoms with Crippen LogP contribution in [-0.2, 0) is 11.3 Å². The van der Waals surface area contributed by atoms with Crippen molar-refractivity contribution in [2.45, 2.75) is 27.3 Å². The van der Waals surface area contributed by atoms with Gasteiger partial charge in [-0.2, -0.15) is 0 Å². The Morgan fingerprint density at radius 3 is 2.89 bits per heavy atom. The molecule has 2 rings (SSSR count). The predicted octanol–water partition coefficient (Wildman–Crippen LogP) is 2.40. The summed E-state index contributed by atoms with van der Waals surface area (Å²) in [4.78, 5) is 12.0. The van der Waals surface area contributed by atoms with E-state index in [1.165, 1.54) is 0 Å². The molecule has 0 aliphatic carbocycles. The highest BCUT2D eigenvalue weighted by Gasteiger charge is 2.17. The van der Waals surface area contributed by atoms with E-state index in [0.29, 0.717) is 12.5 Å². The van der Waals surface area contributed by atoms with Crippen molar-refractivity contribution >= 4 is 11.6 Å². The Morgan fingerprint density at radius 1 is 1.37 bits per heavy atom. The van der Waals surface area contributed by atoms with Gasteiger partial charge in [0.05, 0.1) is 0 Å². The van der Waals surface area contributed by atoms with Crippen LogP contribution in [0.1, 0.15) is 26.3 Å². The first kappa shape index (κ1) is 13.9. The first-order chi connectivity index (χ1) is 9.08. The van der Waals surface area contributed by atoms with E-state index in [9.17, 15) is 4.79 Å². The van der Waals surface area contributed by atoms with Crippen molar-refractivity contribution in [3.05, 3.63) is 23.8 Å². The van der Waals surface area contributed by atoms with E-state index in [0.717, 1.165) is 30.1 Å². The number of amides is 1. The summed E-state index contributed by atoms with van der Waals surface area (Å²) in [6, 6.07) is 5.81. The van der Waals surface area contributed by atoms with Gasteiger partial charge in [-0.15, -0.1) is 0 Å². The summed E-state index contributed by atoms with van der Waals surface area (Å²) in [7, 11) is 0. The van der Waals surface area contributed by atoms with Gasteiger partial charge in [0.15, 0.2) is 0 Å². The standard InChI is InChI=1S/C15H22N2O2/c1-10(2)11(3)15(18)17-13-4-5-14-12(8-13)9-16-6-7-19-14/h4-5,8,10-11,16H,6-7,9H2,1-3H3,(H,17,18). The smallest absolute Gasteiger partial charge is 0.227 e. The zero-order valence-electron chi connectivity index (χ0n) is 11.8. The number of nitrogens with one attached hydrogen (secondary N) is 2. The molecular weight excluding hydrogens is 240 g/mol. The number of ether oxygens (including phenoxy) is 1. The highest BCUT2D eigenvalue weighted by atomic mass is 16.5. The summed E-state index contributed by atoms with van der Waals surface area (Å²) in [6.45, 7) is 8.37. The van der Waals surface area contributed by atoms with Gasteiger partial charge in [-0.3, -0.25) is 4.79 Å². The third-order valence-corrected chi connectivity index (χ3v) is 3.59. The van der Waals surface area contributed by atoms with Gasteiger partial charge in [-0.25, -0.2) is 0 Å². The summed E-state index contributed by atoms with van der Waals surface area (Å²) < 4.78 is 5.62. The van der Waals surface area contributed by atoms with Crippen LogP contribution >= 0.6 is 0 Å². The SMILES string of the molecule is CC(C)C(C)C(=O)Nc1ccc2c(c1)CNCCO2. The molecule has 0 bridgehead atoms. The van der Waals surface area contributed by atoms with Crippen LogP contribution in [0, 0.1) is 11.8 Å². The van der Waals surface area contributed by atoms with Crippen molar-refractivity contribution in [1.82, 2.24) is 5.32 Å². The average Bonchev–Trinajstić information content (AvgIpc) is 2.62. The van der Waals surface area contributed by atoms with Gasteiger partial charge < -0.3 is 15.4 Å². The van der Waals surface area contributed by atoms with Gasteiger partial charge in [0.2, 0.25) is 5.91 Å². The largest absolute Gasteiger partial charge is 0.492 e. The van der Waals surface area contributed by atoms with Crippen LogP contribution in [0.5, 0.6) is 5.75 Å². The van der Waals surface area contributed by atoms with E-state index in [-0.39, 0.29) is 11.8 Å². The summed E-state index contributed by atoms with van der Waals surface area (Å²) >= 11 is 0. The fourth-order valence-electron chi connectivity index (χ4n) is 1.95. The molecule has 0 saturated carbocycles. The molecule has 0 saturated heterocycles. The number of carbonyl (C=O) groups excluding carboxylic acids is 1. The number of carbonyl (C=O) groups is 1. The van der Waals surface area contributed by atoms with Gasteiger partial charge in [0, 0.05) is 30.3 Å². The van der Waals surface area contributed by atoms with Crippen LogP contribution in [0.2, 0.25) is 0 Å². The fraction of sp³-hybridized carbons (Fsp3) is 0.533. The van der Waals surface area contributed by atoms with Crippen molar-refractivity contribution < 1.29 is 9.53 Å². The number of anilines is 1. The molecule has 19 heavy (non-hydrogen) atoms. The van der Waals surface area contributed by atoms with Crippen LogP contribution in [0.15, 0.2) is 18.2 Å². The van der Waals surface area contributed by atoms with E-state index in [2.05, 4.69) is 24.5 Å². The summed E-state index contributed by atoms with van der Waals surface area (Å²) in [5, 5.41) is 6.26. The molecule has 1 atom stereocenters. The molecule has 0 radical (unpaired) electrons. The lowest BCUT2D eigenvalue weighted by molar-refractivity contribution is -0.120. The van der Waals surface area contributed by atoms with E-state index < -0.39 is 0 Å². The number of hydrogen-bond donors (Lipinski definition) is 2. The van der Waals surface area contributed by atoms with Crippen molar-refractivity contribution in [3.8, 4) is 5.75 Å². The number of fused-ring (bicyclic) bond motifs is 1. The lowest BCUT2D eigenvalue weighted by Crippen LogP contribution is -2.24. The molecule has 1 unspecified atom stereocenters. The second-order valence-corrected chi connectivity index (χ2v) is 5.37. The zero-order chi connectivity index (χ0) is 13.8. The lowest BCUT2D eigenvalue weighted by Gasteiger charge is -2.16. The number of hydrogen-bond acceptors (Lipinski definition) is 3. The first-order valence-electron chi connectivity index (χ1n) is 6.85. The van der Waals surface area contributed by atoms with Crippen LogP contribution in [0.3, 0.4) is 0 Å². The quantitative estimate of drug-likeness (QED) is 0.879. The fourth-order valence-corrected chi connectivity index (χ4v) is 1.95. The summed E-state index contributed by atoms with van der Waals surface area (Å²) in [6.07, 6.45) is 0. The highest BCUT2D eigenvalue weighted by Crippen LogP contribution is 2.24. The molecule has 2 N–H and O–H groups in total. The Bertz CT molecular complexity index is 457.